The van der Waals surface area contributed by atoms with Crippen LogP contribution in [0, 0.1) is 5.92 Å². The van der Waals surface area contributed by atoms with Crippen LogP contribution in [0.2, 0.25) is 0 Å². The zero-order valence-electron chi connectivity index (χ0n) is 19.0. The molecule has 0 bridgehead atoms. The van der Waals surface area contributed by atoms with Crippen LogP contribution in [0.1, 0.15) is 43.6 Å². The minimum Gasteiger partial charge on any atom is -0.369 e. The molecule has 2 saturated heterocycles. The Kier molecular flexibility index (Phi) is 7.10. The second-order valence-electron chi connectivity index (χ2n) is 9.58. The molecular formula is C24H34F3N5. The van der Waals surface area contributed by atoms with E-state index in [1.807, 2.05) is 0 Å². The highest BCUT2D eigenvalue weighted by Gasteiger charge is 2.32. The highest BCUT2D eigenvalue weighted by molar-refractivity contribution is 5.49. The maximum atomic E-state index is 13.1. The summed E-state index contributed by atoms with van der Waals surface area (Å²) < 4.78 is 39.2. The first-order valence-electron chi connectivity index (χ1n) is 11.7. The van der Waals surface area contributed by atoms with E-state index in [0.29, 0.717) is 17.6 Å². The highest BCUT2D eigenvalue weighted by atomic mass is 19.4. The highest BCUT2D eigenvalue weighted by Crippen LogP contribution is 2.32. The van der Waals surface area contributed by atoms with Gasteiger partial charge in [0, 0.05) is 56.7 Å². The summed E-state index contributed by atoms with van der Waals surface area (Å²) in [5.74, 6) is 0.597. The molecule has 176 valence electrons. The van der Waals surface area contributed by atoms with Gasteiger partial charge in [0.1, 0.15) is 0 Å². The number of aromatic amines is 1. The third-order valence-electron chi connectivity index (χ3n) is 6.55. The number of nitrogens with zero attached hydrogens (tertiary/aromatic N) is 4. The molecule has 1 atom stereocenters. The van der Waals surface area contributed by atoms with Gasteiger partial charge in [0.15, 0.2) is 0 Å². The zero-order valence-corrected chi connectivity index (χ0v) is 19.0. The van der Waals surface area contributed by atoms with Crippen LogP contribution in [0.4, 0.5) is 18.9 Å². The molecule has 32 heavy (non-hydrogen) atoms. The van der Waals surface area contributed by atoms with Crippen LogP contribution in [0.5, 0.6) is 0 Å². The van der Waals surface area contributed by atoms with Gasteiger partial charge in [-0.2, -0.15) is 18.3 Å². The van der Waals surface area contributed by atoms with Crippen molar-refractivity contribution in [3.63, 3.8) is 0 Å². The Morgan fingerprint density at radius 3 is 2.59 bits per heavy atom. The standard InChI is InChI=1S/C24H34F3N5/c1-18(2)13-20-15-21(29-28-20)16-30-8-4-7-23(17-30)32-11-9-31(10-12-32)22-6-3-5-19(14-22)24(25,26)27/h3,5-6,14-15,18,23H,4,7-13,16-17H2,1-2H3,(H,28,29). The van der Waals surface area contributed by atoms with E-state index in [4.69, 9.17) is 0 Å². The van der Waals surface area contributed by atoms with Crippen molar-refractivity contribution in [1.82, 2.24) is 20.0 Å². The Morgan fingerprint density at radius 1 is 1.09 bits per heavy atom. The Balaban J connectivity index is 1.29. The van der Waals surface area contributed by atoms with Crippen molar-refractivity contribution in [2.45, 2.75) is 51.9 Å². The topological polar surface area (TPSA) is 38.4 Å². The maximum Gasteiger partial charge on any atom is 0.416 e. The van der Waals surface area contributed by atoms with Crippen LogP contribution in [-0.2, 0) is 19.1 Å². The van der Waals surface area contributed by atoms with E-state index < -0.39 is 11.7 Å². The molecule has 1 N–H and O–H groups in total. The third-order valence-corrected chi connectivity index (χ3v) is 6.55. The van der Waals surface area contributed by atoms with E-state index >= 15 is 0 Å². The Bertz CT molecular complexity index is 871. The van der Waals surface area contributed by atoms with E-state index in [-0.39, 0.29) is 0 Å². The molecule has 5 nitrogen and oxygen atoms in total. The zero-order chi connectivity index (χ0) is 22.7. The number of rotatable bonds is 6. The summed E-state index contributed by atoms with van der Waals surface area (Å²) in [4.78, 5) is 7.10. The molecule has 4 rings (SSSR count). The number of anilines is 1. The van der Waals surface area contributed by atoms with Gasteiger partial charge >= 0.3 is 6.18 Å². The van der Waals surface area contributed by atoms with Gasteiger partial charge in [0.2, 0.25) is 0 Å². The lowest BCUT2D eigenvalue weighted by Gasteiger charge is -2.44. The fourth-order valence-electron chi connectivity index (χ4n) is 4.95. The number of piperidine rings is 1. The lowest BCUT2D eigenvalue weighted by molar-refractivity contribution is -0.137. The first kappa shape index (κ1) is 23.1. The molecule has 1 aromatic carbocycles. The largest absolute Gasteiger partial charge is 0.416 e. The maximum absolute atomic E-state index is 13.1. The fraction of sp³-hybridized carbons (Fsp3) is 0.625. The van der Waals surface area contributed by atoms with Gasteiger partial charge in [0.05, 0.1) is 11.3 Å². The van der Waals surface area contributed by atoms with Crippen molar-refractivity contribution in [3.8, 4) is 0 Å². The number of halogens is 3. The van der Waals surface area contributed by atoms with Crippen molar-refractivity contribution < 1.29 is 13.2 Å². The number of nitrogens with one attached hydrogen (secondary N) is 1. The van der Waals surface area contributed by atoms with Crippen LogP contribution in [0.3, 0.4) is 0 Å². The molecule has 2 aliphatic rings. The normalized spacial score (nSPS) is 21.4. The van der Waals surface area contributed by atoms with Crippen LogP contribution >= 0.6 is 0 Å². The lowest BCUT2D eigenvalue weighted by atomic mass is 10.0. The summed E-state index contributed by atoms with van der Waals surface area (Å²) in [7, 11) is 0. The summed E-state index contributed by atoms with van der Waals surface area (Å²) >= 11 is 0. The van der Waals surface area contributed by atoms with Crippen molar-refractivity contribution in [2.75, 3.05) is 44.2 Å². The molecule has 3 heterocycles. The molecule has 0 spiro atoms. The summed E-state index contributed by atoms with van der Waals surface area (Å²) in [5.41, 5.74) is 2.40. The molecular weight excluding hydrogens is 415 g/mol. The molecule has 0 amide bonds. The predicted octanol–water partition coefficient (Wildman–Crippen LogP) is 4.41. The molecule has 1 aromatic heterocycles. The SMILES string of the molecule is CC(C)Cc1cc(CN2CCCC(N3CCN(c4cccc(C(F)(F)F)c4)CC3)C2)[nH]n1. The number of aromatic nitrogens is 2. The third kappa shape index (κ3) is 5.84. The second kappa shape index (κ2) is 9.83. The number of benzene rings is 1. The van der Waals surface area contributed by atoms with Gasteiger partial charge in [-0.1, -0.05) is 19.9 Å². The van der Waals surface area contributed by atoms with E-state index in [1.165, 1.54) is 30.7 Å². The average Bonchev–Trinajstić information content (AvgIpc) is 3.19. The molecule has 1 unspecified atom stereocenters. The smallest absolute Gasteiger partial charge is 0.369 e. The van der Waals surface area contributed by atoms with Crippen molar-refractivity contribution >= 4 is 5.69 Å². The minimum absolute atomic E-state index is 0.505. The first-order chi connectivity index (χ1) is 15.3. The number of hydrogen-bond donors (Lipinski definition) is 1. The molecule has 2 fully saturated rings. The van der Waals surface area contributed by atoms with Crippen LogP contribution < -0.4 is 4.90 Å². The molecule has 8 heteroatoms. The van der Waals surface area contributed by atoms with Crippen molar-refractivity contribution in [3.05, 3.63) is 47.3 Å². The molecule has 2 aliphatic heterocycles. The quantitative estimate of drug-likeness (QED) is 0.709. The van der Waals surface area contributed by atoms with Crippen molar-refractivity contribution in [2.24, 2.45) is 5.92 Å². The first-order valence-corrected chi connectivity index (χ1v) is 11.7. The lowest BCUT2D eigenvalue weighted by Crippen LogP contribution is -2.55. The number of H-pyrrole nitrogens is 1. The summed E-state index contributed by atoms with van der Waals surface area (Å²) in [6.07, 6.45) is -0.948. The van der Waals surface area contributed by atoms with Crippen LogP contribution in [0.15, 0.2) is 30.3 Å². The summed E-state index contributed by atoms with van der Waals surface area (Å²) in [6, 6.07) is 8.40. The number of hydrogen-bond acceptors (Lipinski definition) is 4. The van der Waals surface area contributed by atoms with E-state index in [2.05, 4.69) is 44.8 Å². The second-order valence-corrected chi connectivity index (χ2v) is 9.58. The Hall–Kier alpha value is -2.06. The van der Waals surface area contributed by atoms with Crippen LogP contribution in [-0.4, -0.2) is 65.3 Å². The van der Waals surface area contributed by atoms with E-state index in [0.717, 1.165) is 64.0 Å². The van der Waals surface area contributed by atoms with Gasteiger partial charge in [-0.15, -0.1) is 0 Å². The number of piperazine rings is 1. The van der Waals surface area contributed by atoms with Gasteiger partial charge in [-0.05, 0) is 56.0 Å². The molecule has 0 saturated carbocycles. The number of alkyl halides is 3. The van der Waals surface area contributed by atoms with E-state index in [1.54, 1.807) is 6.07 Å². The summed E-state index contributed by atoms with van der Waals surface area (Å²) in [6.45, 7) is 10.7. The minimum atomic E-state index is -4.30. The summed E-state index contributed by atoms with van der Waals surface area (Å²) in [5, 5.41) is 7.65. The van der Waals surface area contributed by atoms with E-state index in [9.17, 15) is 13.2 Å². The van der Waals surface area contributed by atoms with Crippen molar-refractivity contribution in [1.29, 1.82) is 0 Å². The molecule has 0 aliphatic carbocycles. The average molecular weight is 450 g/mol. The van der Waals surface area contributed by atoms with Gasteiger partial charge in [-0.3, -0.25) is 14.9 Å². The Morgan fingerprint density at radius 2 is 1.88 bits per heavy atom. The van der Waals surface area contributed by atoms with Gasteiger partial charge in [-0.25, -0.2) is 0 Å². The van der Waals surface area contributed by atoms with Gasteiger partial charge < -0.3 is 4.90 Å². The van der Waals surface area contributed by atoms with Gasteiger partial charge in [0.25, 0.3) is 0 Å². The predicted molar refractivity (Wildman–Crippen MR) is 121 cm³/mol. The molecule has 2 aromatic rings. The number of likely N-dealkylation sites (tertiary alicyclic amines) is 1. The Labute approximate surface area is 188 Å². The molecule has 0 radical (unpaired) electrons. The monoisotopic (exact) mass is 449 g/mol. The van der Waals surface area contributed by atoms with Crippen LogP contribution in [0.25, 0.3) is 0 Å². The fourth-order valence-corrected chi connectivity index (χ4v) is 4.95.